The Morgan fingerprint density at radius 1 is 1.29 bits per heavy atom. The molecule has 3 fully saturated rings. The van der Waals surface area contributed by atoms with Gasteiger partial charge < -0.3 is 19.8 Å². The molecular formula is C23H35N3O4S. The number of hydrogen-bond acceptors (Lipinski definition) is 5. The van der Waals surface area contributed by atoms with Gasteiger partial charge in [0, 0.05) is 38.5 Å². The third-order valence-electron chi connectivity index (χ3n) is 6.88. The summed E-state index contributed by atoms with van der Waals surface area (Å²) in [5, 5.41) is 9.71. The molecule has 3 amide bonds. The van der Waals surface area contributed by atoms with Gasteiger partial charge in [-0.15, -0.1) is 24.9 Å². The first-order chi connectivity index (χ1) is 14.9. The topological polar surface area (TPSA) is 81.2 Å². The third-order valence-corrected chi connectivity index (χ3v) is 8.83. The van der Waals surface area contributed by atoms with E-state index in [9.17, 15) is 19.5 Å². The van der Waals surface area contributed by atoms with Crippen LogP contribution >= 0.6 is 11.8 Å². The van der Waals surface area contributed by atoms with E-state index >= 15 is 0 Å². The number of hydrogen-bond donors (Lipinski definition) is 1. The molecule has 3 heterocycles. The highest BCUT2D eigenvalue weighted by Gasteiger charge is 2.73. The standard InChI is InChI=1S/C23H35N3O4S/c1-5-8-13-25(12-7-3)22(30)19-23-10-9-16(31-23)17(20(28)24(4)11-6-2)18(23)21(29)26(19)14-15-27/h6-7,16-19,27H,2-3,5,8-15H2,1,4H3/t16-,17+,18-,19?,23?/m0/s1. The van der Waals surface area contributed by atoms with Gasteiger partial charge in [0.05, 0.1) is 23.2 Å². The van der Waals surface area contributed by atoms with E-state index in [0.717, 1.165) is 25.7 Å². The number of likely N-dealkylation sites (tertiary alicyclic amines) is 1. The second-order valence-corrected chi connectivity index (χ2v) is 10.3. The summed E-state index contributed by atoms with van der Waals surface area (Å²) >= 11 is 1.66. The van der Waals surface area contributed by atoms with Crippen LogP contribution in [0, 0.1) is 11.8 Å². The molecule has 7 nitrogen and oxygen atoms in total. The Balaban J connectivity index is 1.98. The molecule has 31 heavy (non-hydrogen) atoms. The van der Waals surface area contributed by atoms with Crippen LogP contribution in [0.5, 0.6) is 0 Å². The lowest BCUT2D eigenvalue weighted by atomic mass is 9.70. The maximum atomic E-state index is 13.8. The Morgan fingerprint density at radius 3 is 2.61 bits per heavy atom. The normalized spacial score (nSPS) is 30.9. The summed E-state index contributed by atoms with van der Waals surface area (Å²) in [4.78, 5) is 45.6. The molecule has 2 bridgehead atoms. The Hall–Kier alpha value is -1.80. The number of rotatable bonds is 11. The van der Waals surface area contributed by atoms with Gasteiger partial charge in [0.25, 0.3) is 0 Å². The Kier molecular flexibility index (Phi) is 7.52. The zero-order chi connectivity index (χ0) is 22.8. The number of unbranched alkanes of at least 4 members (excludes halogenated alkanes) is 1. The fourth-order valence-electron chi connectivity index (χ4n) is 5.57. The van der Waals surface area contributed by atoms with Gasteiger partial charge in [-0.1, -0.05) is 25.5 Å². The van der Waals surface area contributed by atoms with E-state index < -0.39 is 22.6 Å². The van der Waals surface area contributed by atoms with Gasteiger partial charge in [0.15, 0.2) is 0 Å². The zero-order valence-corrected chi connectivity index (χ0v) is 19.5. The van der Waals surface area contributed by atoms with Crippen LogP contribution in [0.15, 0.2) is 25.3 Å². The smallest absolute Gasteiger partial charge is 0.247 e. The zero-order valence-electron chi connectivity index (χ0n) is 18.7. The Bertz CT molecular complexity index is 744. The predicted molar refractivity (Wildman–Crippen MR) is 122 cm³/mol. The molecule has 3 rings (SSSR count). The van der Waals surface area contributed by atoms with Gasteiger partial charge >= 0.3 is 0 Å². The van der Waals surface area contributed by atoms with E-state index in [2.05, 4.69) is 20.1 Å². The number of aliphatic hydroxyl groups is 1. The van der Waals surface area contributed by atoms with Crippen molar-refractivity contribution in [3.8, 4) is 0 Å². The molecule has 3 aliphatic rings. The van der Waals surface area contributed by atoms with Crippen molar-refractivity contribution in [1.82, 2.24) is 14.7 Å². The number of nitrogens with zero attached hydrogens (tertiary/aromatic N) is 3. The molecule has 0 aromatic rings. The fraction of sp³-hybridized carbons (Fsp3) is 0.696. The molecule has 0 aliphatic carbocycles. The molecule has 3 saturated heterocycles. The maximum absolute atomic E-state index is 13.8. The summed E-state index contributed by atoms with van der Waals surface area (Å²) in [6.45, 7) is 10.9. The third kappa shape index (κ3) is 3.93. The first-order valence-electron chi connectivity index (χ1n) is 11.2. The van der Waals surface area contributed by atoms with Crippen molar-refractivity contribution in [2.24, 2.45) is 11.8 Å². The minimum absolute atomic E-state index is 0.0452. The fourth-order valence-corrected chi connectivity index (χ4v) is 7.78. The molecule has 172 valence electrons. The largest absolute Gasteiger partial charge is 0.395 e. The second kappa shape index (κ2) is 9.77. The number of carbonyl (C=O) groups is 3. The van der Waals surface area contributed by atoms with Crippen LogP contribution in [0.2, 0.25) is 0 Å². The van der Waals surface area contributed by atoms with Gasteiger partial charge in [-0.05, 0) is 19.3 Å². The highest BCUT2D eigenvalue weighted by atomic mass is 32.2. The van der Waals surface area contributed by atoms with Gasteiger partial charge in [0.2, 0.25) is 17.7 Å². The van der Waals surface area contributed by atoms with E-state index in [1.54, 1.807) is 45.7 Å². The number of carbonyl (C=O) groups excluding carboxylic acids is 3. The molecule has 1 spiro atoms. The summed E-state index contributed by atoms with van der Waals surface area (Å²) in [6, 6.07) is -0.647. The highest BCUT2D eigenvalue weighted by molar-refractivity contribution is 8.02. The van der Waals surface area contributed by atoms with Crippen LogP contribution in [-0.2, 0) is 14.4 Å². The molecule has 8 heteroatoms. The second-order valence-electron chi connectivity index (χ2n) is 8.75. The first-order valence-corrected chi connectivity index (χ1v) is 12.1. The molecule has 2 unspecified atom stereocenters. The van der Waals surface area contributed by atoms with E-state index in [-0.39, 0.29) is 36.1 Å². The molecule has 0 saturated carbocycles. The molecule has 0 aromatic carbocycles. The summed E-state index contributed by atoms with van der Waals surface area (Å²) in [5.74, 6) is -1.25. The number of aliphatic hydroxyl groups excluding tert-OH is 1. The average Bonchev–Trinajstić information content (AvgIpc) is 3.38. The first kappa shape index (κ1) is 23.9. The number of likely N-dealkylation sites (N-methyl/N-ethyl adjacent to an activating group) is 1. The van der Waals surface area contributed by atoms with Gasteiger partial charge in [-0.2, -0.15) is 0 Å². The predicted octanol–water partition coefficient (Wildman–Crippen LogP) is 1.53. The molecule has 1 N–H and O–H groups in total. The van der Waals surface area contributed by atoms with E-state index in [1.165, 1.54) is 0 Å². The SMILES string of the molecule is C=CCN(C)C(=O)[C@@H]1[C@@H]2CCC3(S2)C(C(=O)N(CC=C)CCCC)N(CCO)C(=O)[C@H]13. The van der Waals surface area contributed by atoms with Crippen LogP contribution in [0.1, 0.15) is 32.6 Å². The molecule has 5 atom stereocenters. The number of fused-ring (bicyclic) bond motifs is 1. The molecule has 0 radical (unpaired) electrons. The number of β-amino-alcohol motifs (C(OH)–C–C–N with tert-alkyl or cyclic N) is 1. The van der Waals surface area contributed by atoms with Crippen LogP contribution < -0.4 is 0 Å². The Labute approximate surface area is 189 Å². The van der Waals surface area contributed by atoms with Crippen LogP contribution in [-0.4, -0.2) is 93.4 Å². The van der Waals surface area contributed by atoms with Crippen molar-refractivity contribution >= 4 is 29.5 Å². The number of amides is 3. The van der Waals surface area contributed by atoms with Crippen molar-refractivity contribution in [2.75, 3.05) is 39.8 Å². The van der Waals surface area contributed by atoms with Gasteiger partial charge in [0.1, 0.15) is 6.04 Å². The number of thioether (sulfide) groups is 1. The highest BCUT2D eigenvalue weighted by Crippen LogP contribution is 2.66. The summed E-state index contributed by atoms with van der Waals surface area (Å²) in [6.07, 6.45) is 6.78. The van der Waals surface area contributed by atoms with E-state index in [1.807, 2.05) is 0 Å². The van der Waals surface area contributed by atoms with Gasteiger partial charge in [-0.25, -0.2) is 0 Å². The maximum Gasteiger partial charge on any atom is 0.247 e. The lowest BCUT2D eigenvalue weighted by molar-refractivity contribution is -0.144. The van der Waals surface area contributed by atoms with Crippen LogP contribution in [0.4, 0.5) is 0 Å². The van der Waals surface area contributed by atoms with Gasteiger partial charge in [-0.3, -0.25) is 14.4 Å². The van der Waals surface area contributed by atoms with Crippen molar-refractivity contribution < 1.29 is 19.5 Å². The minimum Gasteiger partial charge on any atom is -0.395 e. The van der Waals surface area contributed by atoms with E-state index in [4.69, 9.17) is 0 Å². The summed E-state index contributed by atoms with van der Waals surface area (Å²) < 4.78 is -0.602. The quantitative estimate of drug-likeness (QED) is 0.484. The molecular weight excluding hydrogens is 414 g/mol. The lowest BCUT2D eigenvalue weighted by Crippen LogP contribution is -2.55. The van der Waals surface area contributed by atoms with Crippen LogP contribution in [0.25, 0.3) is 0 Å². The summed E-state index contributed by atoms with van der Waals surface area (Å²) in [7, 11) is 1.73. The average molecular weight is 450 g/mol. The molecule has 0 aromatic heterocycles. The van der Waals surface area contributed by atoms with E-state index in [0.29, 0.717) is 19.6 Å². The van der Waals surface area contributed by atoms with Crippen molar-refractivity contribution in [2.45, 2.75) is 48.6 Å². The monoisotopic (exact) mass is 449 g/mol. The van der Waals surface area contributed by atoms with Crippen molar-refractivity contribution in [3.05, 3.63) is 25.3 Å². The lowest BCUT2D eigenvalue weighted by Gasteiger charge is -2.37. The van der Waals surface area contributed by atoms with Crippen molar-refractivity contribution in [3.63, 3.8) is 0 Å². The Morgan fingerprint density at radius 2 is 2.00 bits per heavy atom. The molecule has 3 aliphatic heterocycles. The minimum atomic E-state index is -0.647. The summed E-state index contributed by atoms with van der Waals surface area (Å²) in [5.41, 5.74) is 0. The van der Waals surface area contributed by atoms with Crippen LogP contribution in [0.3, 0.4) is 0 Å². The van der Waals surface area contributed by atoms with Crippen molar-refractivity contribution in [1.29, 1.82) is 0 Å².